The van der Waals surface area contributed by atoms with Crippen LogP contribution in [0, 0.1) is 5.92 Å². The van der Waals surface area contributed by atoms with Gasteiger partial charge < -0.3 is 10.1 Å². The van der Waals surface area contributed by atoms with Gasteiger partial charge in [-0.2, -0.15) is 0 Å². The zero-order valence-electron chi connectivity index (χ0n) is 8.75. The van der Waals surface area contributed by atoms with Crippen LogP contribution in [0.2, 0.25) is 0 Å². The molecule has 1 N–H and O–H groups in total. The monoisotopic (exact) mass is 183 g/mol. The fourth-order valence-corrected chi connectivity index (χ4v) is 1.62. The van der Waals surface area contributed by atoms with Crippen LogP contribution in [0.15, 0.2) is 12.2 Å². The molecule has 0 aliphatic carbocycles. The van der Waals surface area contributed by atoms with Crippen LogP contribution in [-0.4, -0.2) is 25.8 Å². The molecular formula is C11H21NO. The highest BCUT2D eigenvalue weighted by Crippen LogP contribution is 2.15. The Morgan fingerprint density at radius 1 is 1.46 bits per heavy atom. The van der Waals surface area contributed by atoms with E-state index in [2.05, 4.69) is 31.3 Å². The molecule has 0 bridgehead atoms. The van der Waals surface area contributed by atoms with Gasteiger partial charge in [0.2, 0.25) is 0 Å². The van der Waals surface area contributed by atoms with E-state index in [1.165, 1.54) is 12.8 Å². The van der Waals surface area contributed by atoms with E-state index in [9.17, 15) is 0 Å². The van der Waals surface area contributed by atoms with Crippen LogP contribution in [0.4, 0.5) is 0 Å². The molecule has 1 saturated heterocycles. The molecule has 1 aliphatic rings. The molecule has 1 unspecified atom stereocenters. The summed E-state index contributed by atoms with van der Waals surface area (Å²) in [6.07, 6.45) is 7.00. The van der Waals surface area contributed by atoms with Crippen molar-refractivity contribution in [3.8, 4) is 0 Å². The molecule has 0 aromatic carbocycles. The van der Waals surface area contributed by atoms with Crippen LogP contribution in [0.1, 0.15) is 26.7 Å². The predicted molar refractivity (Wildman–Crippen MR) is 55.8 cm³/mol. The van der Waals surface area contributed by atoms with Crippen LogP contribution in [0.3, 0.4) is 0 Å². The third kappa shape index (κ3) is 4.44. The second kappa shape index (κ2) is 6.17. The van der Waals surface area contributed by atoms with Gasteiger partial charge >= 0.3 is 0 Å². The number of likely N-dealkylation sites (N-methyl/N-ethyl adjacent to an activating group) is 1. The summed E-state index contributed by atoms with van der Waals surface area (Å²) in [7, 11) is 0. The molecule has 13 heavy (non-hydrogen) atoms. The lowest BCUT2D eigenvalue weighted by molar-refractivity contribution is 0.0784. The number of ether oxygens (including phenoxy) is 1. The van der Waals surface area contributed by atoms with Gasteiger partial charge in [0.15, 0.2) is 0 Å². The van der Waals surface area contributed by atoms with Crippen molar-refractivity contribution in [3.63, 3.8) is 0 Å². The number of rotatable bonds is 4. The van der Waals surface area contributed by atoms with Gasteiger partial charge in [-0.05, 0) is 32.2 Å². The summed E-state index contributed by atoms with van der Waals surface area (Å²) in [5.74, 6) is 0.745. The Morgan fingerprint density at radius 3 is 2.77 bits per heavy atom. The largest absolute Gasteiger partial charge is 0.381 e. The molecule has 2 nitrogen and oxygen atoms in total. The van der Waals surface area contributed by atoms with Crippen LogP contribution < -0.4 is 5.32 Å². The van der Waals surface area contributed by atoms with Crippen LogP contribution in [-0.2, 0) is 4.74 Å². The molecule has 0 aromatic rings. The van der Waals surface area contributed by atoms with Crippen molar-refractivity contribution >= 4 is 0 Å². The average Bonchev–Trinajstić information content (AvgIpc) is 2.17. The van der Waals surface area contributed by atoms with Crippen molar-refractivity contribution in [2.75, 3.05) is 19.8 Å². The molecule has 1 atom stereocenters. The summed E-state index contributed by atoms with van der Waals surface area (Å²) in [6.45, 7) is 7.24. The summed E-state index contributed by atoms with van der Waals surface area (Å²) >= 11 is 0. The summed E-state index contributed by atoms with van der Waals surface area (Å²) in [5, 5.41) is 3.37. The molecule has 0 amide bonds. The van der Waals surface area contributed by atoms with E-state index in [-0.39, 0.29) is 0 Å². The van der Waals surface area contributed by atoms with Gasteiger partial charge in [-0.25, -0.2) is 0 Å². The van der Waals surface area contributed by atoms with E-state index >= 15 is 0 Å². The van der Waals surface area contributed by atoms with Crippen LogP contribution in [0.25, 0.3) is 0 Å². The molecule has 1 aliphatic heterocycles. The van der Waals surface area contributed by atoms with Gasteiger partial charge in [0, 0.05) is 19.3 Å². The van der Waals surface area contributed by atoms with Crippen LogP contribution >= 0.6 is 0 Å². The standard InChI is InChI=1S/C11H21NO/c1-3-12-10(2)4-5-11-6-8-13-9-7-11/h4-5,10-12H,3,6-9H2,1-2H3/b5-4+. The van der Waals surface area contributed by atoms with E-state index < -0.39 is 0 Å². The smallest absolute Gasteiger partial charge is 0.0471 e. The maximum atomic E-state index is 5.30. The summed E-state index contributed by atoms with van der Waals surface area (Å²) in [4.78, 5) is 0. The van der Waals surface area contributed by atoms with E-state index in [0.717, 1.165) is 25.7 Å². The van der Waals surface area contributed by atoms with Crippen molar-refractivity contribution in [1.29, 1.82) is 0 Å². The Bertz CT molecular complexity index is 150. The molecule has 1 fully saturated rings. The molecule has 76 valence electrons. The van der Waals surface area contributed by atoms with Gasteiger partial charge in [-0.15, -0.1) is 0 Å². The van der Waals surface area contributed by atoms with E-state index in [1.807, 2.05) is 0 Å². The Kier molecular flexibility index (Phi) is 5.09. The first-order chi connectivity index (χ1) is 6.33. The van der Waals surface area contributed by atoms with Crippen LogP contribution in [0.5, 0.6) is 0 Å². The Balaban J connectivity index is 2.20. The minimum atomic E-state index is 0.507. The minimum Gasteiger partial charge on any atom is -0.381 e. The molecule has 2 heteroatoms. The molecule has 1 heterocycles. The number of hydrogen-bond acceptors (Lipinski definition) is 2. The fourth-order valence-electron chi connectivity index (χ4n) is 1.62. The lowest BCUT2D eigenvalue weighted by Crippen LogP contribution is -2.23. The van der Waals surface area contributed by atoms with Gasteiger partial charge in [-0.3, -0.25) is 0 Å². The van der Waals surface area contributed by atoms with E-state index in [1.54, 1.807) is 0 Å². The Morgan fingerprint density at radius 2 is 2.15 bits per heavy atom. The Hall–Kier alpha value is -0.340. The maximum Gasteiger partial charge on any atom is 0.0471 e. The first kappa shape index (κ1) is 10.7. The second-order valence-corrected chi connectivity index (χ2v) is 3.68. The summed E-state index contributed by atoms with van der Waals surface area (Å²) in [6, 6.07) is 0.507. The quantitative estimate of drug-likeness (QED) is 0.673. The lowest BCUT2D eigenvalue weighted by Gasteiger charge is -2.19. The highest BCUT2D eigenvalue weighted by atomic mass is 16.5. The first-order valence-corrected chi connectivity index (χ1v) is 5.32. The number of allylic oxidation sites excluding steroid dienone is 1. The topological polar surface area (TPSA) is 21.3 Å². The highest BCUT2D eigenvalue weighted by molar-refractivity contribution is 4.95. The average molecular weight is 183 g/mol. The number of hydrogen-bond donors (Lipinski definition) is 1. The molecule has 0 aromatic heterocycles. The number of nitrogens with one attached hydrogen (secondary N) is 1. The molecule has 0 saturated carbocycles. The van der Waals surface area contributed by atoms with Crippen molar-refractivity contribution in [2.45, 2.75) is 32.7 Å². The molecule has 1 rings (SSSR count). The lowest BCUT2D eigenvalue weighted by atomic mass is 9.99. The van der Waals surface area contributed by atoms with Gasteiger partial charge in [-0.1, -0.05) is 19.1 Å². The Labute approximate surface area is 81.4 Å². The van der Waals surface area contributed by atoms with Gasteiger partial charge in [0.25, 0.3) is 0 Å². The van der Waals surface area contributed by atoms with Gasteiger partial charge in [0.05, 0.1) is 0 Å². The maximum absolute atomic E-state index is 5.30. The van der Waals surface area contributed by atoms with Crippen molar-refractivity contribution in [2.24, 2.45) is 5.92 Å². The third-order valence-corrected chi connectivity index (χ3v) is 2.46. The summed E-state index contributed by atoms with van der Waals surface area (Å²) in [5.41, 5.74) is 0. The normalized spacial score (nSPS) is 22.3. The molecule has 0 spiro atoms. The zero-order chi connectivity index (χ0) is 9.52. The van der Waals surface area contributed by atoms with E-state index in [4.69, 9.17) is 4.74 Å². The van der Waals surface area contributed by atoms with Gasteiger partial charge in [0.1, 0.15) is 0 Å². The molecule has 0 radical (unpaired) electrons. The zero-order valence-corrected chi connectivity index (χ0v) is 8.75. The third-order valence-electron chi connectivity index (χ3n) is 2.46. The first-order valence-electron chi connectivity index (χ1n) is 5.32. The van der Waals surface area contributed by atoms with Crippen molar-refractivity contribution in [1.82, 2.24) is 5.32 Å². The highest BCUT2D eigenvalue weighted by Gasteiger charge is 2.10. The minimum absolute atomic E-state index is 0.507. The van der Waals surface area contributed by atoms with E-state index in [0.29, 0.717) is 6.04 Å². The predicted octanol–water partition coefficient (Wildman–Crippen LogP) is 1.97. The SMILES string of the molecule is CCNC(C)/C=C/C1CCOCC1. The van der Waals surface area contributed by atoms with Crippen molar-refractivity contribution < 1.29 is 4.74 Å². The fraction of sp³-hybridized carbons (Fsp3) is 0.818. The second-order valence-electron chi connectivity index (χ2n) is 3.68. The summed E-state index contributed by atoms with van der Waals surface area (Å²) < 4.78 is 5.30. The van der Waals surface area contributed by atoms with Crippen molar-refractivity contribution in [3.05, 3.63) is 12.2 Å². The molecular weight excluding hydrogens is 162 g/mol.